The van der Waals surface area contributed by atoms with Crippen LogP contribution in [0.2, 0.25) is 0 Å². The molecule has 0 unspecified atom stereocenters. The Labute approximate surface area is 152 Å². The summed E-state index contributed by atoms with van der Waals surface area (Å²) in [5.41, 5.74) is 2.17. The summed E-state index contributed by atoms with van der Waals surface area (Å²) in [6, 6.07) is 11.7. The minimum atomic E-state index is 0.296. The van der Waals surface area contributed by atoms with E-state index in [-0.39, 0.29) is 0 Å². The van der Waals surface area contributed by atoms with Gasteiger partial charge < -0.3 is 8.94 Å². The van der Waals surface area contributed by atoms with Crippen molar-refractivity contribution in [3.05, 3.63) is 53.3 Å². The summed E-state index contributed by atoms with van der Waals surface area (Å²) >= 11 is 0. The Morgan fingerprint density at radius 3 is 2.73 bits per heavy atom. The molecule has 2 fully saturated rings. The number of nitrogens with zero attached hydrogens (tertiary/aromatic N) is 4. The summed E-state index contributed by atoms with van der Waals surface area (Å²) in [4.78, 5) is 11.6. The lowest BCUT2D eigenvalue weighted by molar-refractivity contribution is 0.243. The Morgan fingerprint density at radius 1 is 1.12 bits per heavy atom. The summed E-state index contributed by atoms with van der Waals surface area (Å²) in [5.74, 6) is 2.73. The summed E-state index contributed by atoms with van der Waals surface area (Å²) in [5, 5.41) is 4.31. The van der Waals surface area contributed by atoms with Gasteiger partial charge in [0.2, 0.25) is 5.76 Å². The van der Waals surface area contributed by atoms with Crippen LogP contribution < -0.4 is 0 Å². The zero-order chi connectivity index (χ0) is 17.7. The monoisotopic (exact) mass is 350 g/mol. The quantitative estimate of drug-likeness (QED) is 0.710. The maximum Gasteiger partial charge on any atom is 0.295 e. The molecule has 4 heterocycles. The zero-order valence-corrected chi connectivity index (χ0v) is 15.1. The van der Waals surface area contributed by atoms with Gasteiger partial charge in [0.25, 0.3) is 5.89 Å². The summed E-state index contributed by atoms with van der Waals surface area (Å²) in [7, 11) is 0. The van der Waals surface area contributed by atoms with Gasteiger partial charge in [-0.15, -0.1) is 0 Å². The van der Waals surface area contributed by atoms with Crippen LogP contribution in [0.25, 0.3) is 11.7 Å². The van der Waals surface area contributed by atoms with Crippen LogP contribution in [0.4, 0.5) is 0 Å². The molecule has 134 valence electrons. The first-order valence-electron chi connectivity index (χ1n) is 9.29. The highest BCUT2D eigenvalue weighted by Gasteiger charge is 2.46. The lowest BCUT2D eigenvalue weighted by Crippen LogP contribution is -2.27. The van der Waals surface area contributed by atoms with Gasteiger partial charge >= 0.3 is 0 Å². The number of fused-ring (bicyclic) bond motifs is 1. The summed E-state index contributed by atoms with van der Waals surface area (Å²) < 4.78 is 11.2. The second-order valence-electron chi connectivity index (χ2n) is 7.32. The Hall–Kier alpha value is -2.47. The number of benzene rings is 1. The zero-order valence-electron chi connectivity index (χ0n) is 15.1. The third-order valence-corrected chi connectivity index (χ3v) is 5.74. The predicted octanol–water partition coefficient (Wildman–Crippen LogP) is 4.03. The SMILES string of the molecule is Cc1nc(C)c(-c2nc([C@@H]3C[C@H](c4ccccc4)N4CCC[C@@H]34)no2)o1. The maximum atomic E-state index is 5.64. The van der Waals surface area contributed by atoms with Gasteiger partial charge in [0.1, 0.15) is 0 Å². The molecule has 2 aliphatic rings. The molecule has 0 spiro atoms. The van der Waals surface area contributed by atoms with E-state index in [1.807, 2.05) is 13.8 Å². The lowest BCUT2D eigenvalue weighted by atomic mass is 9.94. The Balaban J connectivity index is 1.46. The van der Waals surface area contributed by atoms with Crippen molar-refractivity contribution in [1.29, 1.82) is 0 Å². The highest BCUT2D eigenvalue weighted by atomic mass is 16.5. The molecular weight excluding hydrogens is 328 g/mol. The molecule has 0 radical (unpaired) electrons. The van der Waals surface area contributed by atoms with Crippen molar-refractivity contribution in [2.75, 3.05) is 6.54 Å². The van der Waals surface area contributed by atoms with Crippen LogP contribution in [0, 0.1) is 13.8 Å². The molecule has 0 amide bonds. The fourth-order valence-electron chi connectivity index (χ4n) is 4.65. The van der Waals surface area contributed by atoms with Crippen LogP contribution in [0.1, 0.15) is 54.2 Å². The van der Waals surface area contributed by atoms with Crippen LogP contribution in [0.15, 0.2) is 39.3 Å². The first-order chi connectivity index (χ1) is 12.7. The van der Waals surface area contributed by atoms with Gasteiger partial charge in [0.05, 0.1) is 5.69 Å². The van der Waals surface area contributed by atoms with Gasteiger partial charge in [0.15, 0.2) is 11.7 Å². The van der Waals surface area contributed by atoms with E-state index in [0.29, 0.717) is 35.5 Å². The van der Waals surface area contributed by atoms with E-state index in [2.05, 4.69) is 50.4 Å². The highest BCUT2D eigenvalue weighted by molar-refractivity contribution is 5.47. The van der Waals surface area contributed by atoms with Crippen LogP contribution in [0.5, 0.6) is 0 Å². The Bertz CT molecular complexity index is 917. The number of hydrogen-bond donors (Lipinski definition) is 0. The molecule has 0 bridgehead atoms. The topological polar surface area (TPSA) is 68.2 Å². The summed E-state index contributed by atoms with van der Waals surface area (Å²) in [6.07, 6.45) is 3.45. The standard InChI is InChI=1S/C20H22N4O2/c1-12-18(25-13(2)21-12)20-22-19(23-26-20)15-11-17(14-7-4-3-5-8-14)24-10-6-9-16(15)24/h3-5,7-8,15-17H,6,9-11H2,1-2H3/t15-,16+,17-/m1/s1. The van der Waals surface area contributed by atoms with Gasteiger partial charge in [-0.1, -0.05) is 35.5 Å². The molecule has 26 heavy (non-hydrogen) atoms. The minimum Gasteiger partial charge on any atom is -0.436 e. The number of hydrogen-bond acceptors (Lipinski definition) is 6. The van der Waals surface area contributed by atoms with E-state index >= 15 is 0 Å². The van der Waals surface area contributed by atoms with Gasteiger partial charge in [0, 0.05) is 24.9 Å². The molecule has 2 aliphatic heterocycles. The molecule has 2 aromatic heterocycles. The molecule has 6 nitrogen and oxygen atoms in total. The van der Waals surface area contributed by atoms with E-state index in [9.17, 15) is 0 Å². The maximum absolute atomic E-state index is 5.64. The van der Waals surface area contributed by atoms with Crippen LogP contribution in [-0.2, 0) is 0 Å². The average Bonchev–Trinajstić information content (AvgIpc) is 3.39. The molecule has 1 aromatic carbocycles. The van der Waals surface area contributed by atoms with Crippen molar-refractivity contribution in [3.8, 4) is 11.7 Å². The summed E-state index contributed by atoms with van der Waals surface area (Å²) in [6.45, 7) is 4.87. The van der Waals surface area contributed by atoms with Gasteiger partial charge in [-0.3, -0.25) is 4.90 Å². The molecule has 6 heteroatoms. The van der Waals surface area contributed by atoms with E-state index in [0.717, 1.165) is 24.5 Å². The average molecular weight is 350 g/mol. The molecule has 3 aromatic rings. The van der Waals surface area contributed by atoms with Crippen LogP contribution >= 0.6 is 0 Å². The second kappa shape index (κ2) is 6.06. The van der Waals surface area contributed by atoms with Crippen molar-refractivity contribution >= 4 is 0 Å². The van der Waals surface area contributed by atoms with E-state index in [1.54, 1.807) is 0 Å². The number of aromatic nitrogens is 3. The van der Waals surface area contributed by atoms with E-state index in [1.165, 1.54) is 18.4 Å². The normalized spacial score (nSPS) is 25.7. The Kier molecular flexibility index (Phi) is 3.67. The van der Waals surface area contributed by atoms with Crippen molar-refractivity contribution in [3.63, 3.8) is 0 Å². The fraction of sp³-hybridized carbons (Fsp3) is 0.450. The molecule has 0 N–H and O–H groups in total. The van der Waals surface area contributed by atoms with Crippen LogP contribution in [-0.4, -0.2) is 32.6 Å². The number of rotatable bonds is 3. The van der Waals surface area contributed by atoms with Crippen molar-refractivity contribution in [1.82, 2.24) is 20.0 Å². The van der Waals surface area contributed by atoms with Gasteiger partial charge in [-0.2, -0.15) is 4.98 Å². The molecule has 0 saturated carbocycles. The third kappa shape index (κ3) is 2.48. The predicted molar refractivity (Wildman–Crippen MR) is 95.5 cm³/mol. The van der Waals surface area contributed by atoms with Crippen molar-refractivity contribution in [2.24, 2.45) is 0 Å². The van der Waals surface area contributed by atoms with Crippen molar-refractivity contribution in [2.45, 2.75) is 51.1 Å². The first-order valence-corrected chi connectivity index (χ1v) is 9.29. The van der Waals surface area contributed by atoms with Gasteiger partial charge in [-0.05, 0) is 38.3 Å². The fourth-order valence-corrected chi connectivity index (χ4v) is 4.65. The largest absolute Gasteiger partial charge is 0.436 e. The smallest absolute Gasteiger partial charge is 0.295 e. The number of oxazole rings is 1. The van der Waals surface area contributed by atoms with E-state index in [4.69, 9.17) is 8.94 Å². The molecule has 2 saturated heterocycles. The van der Waals surface area contributed by atoms with Crippen molar-refractivity contribution < 1.29 is 8.94 Å². The Morgan fingerprint density at radius 2 is 1.96 bits per heavy atom. The molecule has 3 atom stereocenters. The molecule has 5 rings (SSSR count). The first kappa shape index (κ1) is 15.8. The minimum absolute atomic E-state index is 0.296. The van der Waals surface area contributed by atoms with Gasteiger partial charge in [-0.25, -0.2) is 4.98 Å². The second-order valence-corrected chi connectivity index (χ2v) is 7.32. The van der Waals surface area contributed by atoms with Crippen LogP contribution in [0.3, 0.4) is 0 Å². The molecule has 0 aliphatic carbocycles. The lowest BCUT2D eigenvalue weighted by Gasteiger charge is -2.24. The molecular formula is C20H22N4O2. The highest BCUT2D eigenvalue weighted by Crippen LogP contribution is 2.48. The third-order valence-electron chi connectivity index (χ3n) is 5.74. The number of aryl methyl sites for hydroxylation is 2. The van der Waals surface area contributed by atoms with E-state index < -0.39 is 0 Å².